The second-order valence-corrected chi connectivity index (χ2v) is 4.05. The lowest BCUT2D eigenvalue weighted by Crippen LogP contribution is -2.05. The molecule has 0 spiro atoms. The molecule has 1 atom stereocenters. The molecule has 0 aliphatic rings. The first-order chi connectivity index (χ1) is 8.67. The quantitative estimate of drug-likeness (QED) is 0.757. The van der Waals surface area contributed by atoms with Crippen LogP contribution in [0.2, 0.25) is 0 Å². The number of aliphatic hydroxyl groups is 1. The van der Waals surface area contributed by atoms with Gasteiger partial charge in [-0.2, -0.15) is 0 Å². The van der Waals surface area contributed by atoms with E-state index in [2.05, 4.69) is 4.74 Å². The zero-order valence-corrected chi connectivity index (χ0v) is 10.9. The minimum absolute atomic E-state index is 0.206. The molecule has 0 saturated carbocycles. The summed E-state index contributed by atoms with van der Waals surface area (Å²) in [5.41, 5.74) is 0.757. The Morgan fingerprint density at radius 2 is 2.22 bits per heavy atom. The van der Waals surface area contributed by atoms with Crippen molar-refractivity contribution < 1.29 is 19.4 Å². The van der Waals surface area contributed by atoms with E-state index in [9.17, 15) is 9.90 Å². The largest absolute Gasteiger partial charge is 0.494 e. The van der Waals surface area contributed by atoms with Crippen molar-refractivity contribution in [2.45, 2.75) is 32.3 Å². The van der Waals surface area contributed by atoms with Crippen LogP contribution in [0.25, 0.3) is 0 Å². The van der Waals surface area contributed by atoms with Gasteiger partial charge in [0.25, 0.3) is 0 Å². The zero-order valence-electron chi connectivity index (χ0n) is 10.9. The van der Waals surface area contributed by atoms with Crippen LogP contribution in [0.15, 0.2) is 24.3 Å². The van der Waals surface area contributed by atoms with Crippen LogP contribution in [-0.4, -0.2) is 24.8 Å². The molecule has 0 aromatic heterocycles. The van der Waals surface area contributed by atoms with Gasteiger partial charge in [0.15, 0.2) is 0 Å². The fraction of sp³-hybridized carbons (Fsp3) is 0.500. The van der Waals surface area contributed by atoms with Gasteiger partial charge in [-0.3, -0.25) is 4.79 Å². The summed E-state index contributed by atoms with van der Waals surface area (Å²) in [7, 11) is 1.34. The Bertz CT molecular complexity index is 376. The third kappa shape index (κ3) is 4.75. The SMILES string of the molecule is CCCOc1cccc(C(O)CCC(=O)OC)c1. The second-order valence-electron chi connectivity index (χ2n) is 4.05. The highest BCUT2D eigenvalue weighted by Gasteiger charge is 2.11. The smallest absolute Gasteiger partial charge is 0.305 e. The monoisotopic (exact) mass is 252 g/mol. The maximum Gasteiger partial charge on any atom is 0.305 e. The molecular weight excluding hydrogens is 232 g/mol. The van der Waals surface area contributed by atoms with Crippen LogP contribution in [0.3, 0.4) is 0 Å². The van der Waals surface area contributed by atoms with Gasteiger partial charge >= 0.3 is 5.97 Å². The molecule has 18 heavy (non-hydrogen) atoms. The predicted octanol–water partition coefficient (Wildman–Crippen LogP) is 2.46. The van der Waals surface area contributed by atoms with E-state index in [-0.39, 0.29) is 12.4 Å². The lowest BCUT2D eigenvalue weighted by molar-refractivity contribution is -0.141. The van der Waals surface area contributed by atoms with E-state index in [0.717, 1.165) is 17.7 Å². The molecule has 1 N–H and O–H groups in total. The van der Waals surface area contributed by atoms with Crippen LogP contribution in [0.1, 0.15) is 37.9 Å². The summed E-state index contributed by atoms with van der Waals surface area (Å²) in [5.74, 6) is 0.430. The van der Waals surface area contributed by atoms with Gasteiger partial charge in [-0.25, -0.2) is 0 Å². The number of ether oxygens (including phenoxy) is 2. The molecule has 1 aromatic carbocycles. The summed E-state index contributed by atoms with van der Waals surface area (Å²) < 4.78 is 10.0. The third-order valence-corrected chi connectivity index (χ3v) is 2.57. The van der Waals surface area contributed by atoms with Crippen molar-refractivity contribution in [3.05, 3.63) is 29.8 Å². The molecule has 1 rings (SSSR count). The van der Waals surface area contributed by atoms with Crippen LogP contribution in [0, 0.1) is 0 Å². The Balaban J connectivity index is 2.56. The molecule has 0 heterocycles. The average molecular weight is 252 g/mol. The minimum atomic E-state index is -0.672. The number of hydrogen-bond acceptors (Lipinski definition) is 4. The van der Waals surface area contributed by atoms with Crippen molar-refractivity contribution in [3.63, 3.8) is 0 Å². The molecule has 0 fully saturated rings. The molecule has 4 nitrogen and oxygen atoms in total. The zero-order chi connectivity index (χ0) is 13.4. The van der Waals surface area contributed by atoms with E-state index in [4.69, 9.17) is 4.74 Å². The van der Waals surface area contributed by atoms with Crippen LogP contribution in [0.4, 0.5) is 0 Å². The van der Waals surface area contributed by atoms with Crippen LogP contribution in [-0.2, 0) is 9.53 Å². The fourth-order valence-electron chi connectivity index (χ4n) is 1.55. The van der Waals surface area contributed by atoms with Crippen molar-refractivity contribution >= 4 is 5.97 Å². The third-order valence-electron chi connectivity index (χ3n) is 2.57. The number of hydrogen-bond donors (Lipinski definition) is 1. The number of esters is 1. The average Bonchev–Trinajstić information content (AvgIpc) is 2.42. The molecule has 0 radical (unpaired) electrons. The highest BCUT2D eigenvalue weighted by Crippen LogP contribution is 2.22. The number of rotatable bonds is 7. The highest BCUT2D eigenvalue weighted by atomic mass is 16.5. The van der Waals surface area contributed by atoms with Gasteiger partial charge in [0.1, 0.15) is 5.75 Å². The first kappa shape index (κ1) is 14.5. The van der Waals surface area contributed by atoms with Crippen molar-refractivity contribution in [2.24, 2.45) is 0 Å². The molecular formula is C14H20O4. The molecule has 1 aromatic rings. The van der Waals surface area contributed by atoms with Crippen LogP contribution in [0.5, 0.6) is 5.75 Å². The first-order valence-electron chi connectivity index (χ1n) is 6.15. The van der Waals surface area contributed by atoms with Gasteiger partial charge in [0.05, 0.1) is 19.8 Å². The van der Waals surface area contributed by atoms with Crippen molar-refractivity contribution in [3.8, 4) is 5.75 Å². The van der Waals surface area contributed by atoms with Crippen molar-refractivity contribution in [1.29, 1.82) is 0 Å². The van der Waals surface area contributed by atoms with Crippen molar-refractivity contribution in [2.75, 3.05) is 13.7 Å². The first-order valence-corrected chi connectivity index (χ1v) is 6.15. The standard InChI is InChI=1S/C14H20O4/c1-3-9-18-12-6-4-5-11(10-12)13(15)7-8-14(16)17-2/h4-6,10,13,15H,3,7-9H2,1-2H3. The molecule has 100 valence electrons. The molecule has 4 heteroatoms. The number of carbonyl (C=O) groups is 1. The molecule has 0 aliphatic carbocycles. The Hall–Kier alpha value is -1.55. The number of methoxy groups -OCH3 is 1. The number of aliphatic hydroxyl groups excluding tert-OH is 1. The van der Waals surface area contributed by atoms with Gasteiger partial charge in [0.2, 0.25) is 0 Å². The highest BCUT2D eigenvalue weighted by molar-refractivity contribution is 5.69. The number of benzene rings is 1. The Morgan fingerprint density at radius 1 is 1.44 bits per heavy atom. The number of carbonyl (C=O) groups excluding carboxylic acids is 1. The normalized spacial score (nSPS) is 11.9. The van der Waals surface area contributed by atoms with E-state index in [0.29, 0.717) is 13.0 Å². The van der Waals surface area contributed by atoms with Crippen LogP contribution >= 0.6 is 0 Å². The topological polar surface area (TPSA) is 55.8 Å². The fourth-order valence-corrected chi connectivity index (χ4v) is 1.55. The summed E-state index contributed by atoms with van der Waals surface area (Å²) in [6, 6.07) is 7.31. The Morgan fingerprint density at radius 3 is 2.89 bits per heavy atom. The Kier molecular flexibility index (Phi) is 6.22. The van der Waals surface area contributed by atoms with E-state index in [1.165, 1.54) is 7.11 Å². The maximum absolute atomic E-state index is 11.0. The lowest BCUT2D eigenvalue weighted by atomic mass is 10.0. The van der Waals surface area contributed by atoms with Gasteiger partial charge < -0.3 is 14.6 Å². The van der Waals surface area contributed by atoms with Gasteiger partial charge in [0, 0.05) is 6.42 Å². The summed E-state index contributed by atoms with van der Waals surface area (Å²) in [4.78, 5) is 11.0. The summed E-state index contributed by atoms with van der Waals surface area (Å²) in [6.07, 6.45) is 0.825. The molecule has 1 unspecified atom stereocenters. The van der Waals surface area contributed by atoms with E-state index in [1.54, 1.807) is 6.07 Å². The van der Waals surface area contributed by atoms with E-state index < -0.39 is 6.10 Å². The minimum Gasteiger partial charge on any atom is -0.494 e. The van der Waals surface area contributed by atoms with Crippen molar-refractivity contribution in [1.82, 2.24) is 0 Å². The molecule has 0 aliphatic heterocycles. The van der Waals surface area contributed by atoms with E-state index in [1.807, 2.05) is 25.1 Å². The summed E-state index contributed by atoms with van der Waals surface area (Å²) in [5, 5.41) is 9.95. The predicted molar refractivity (Wildman–Crippen MR) is 68.4 cm³/mol. The second kappa shape index (κ2) is 7.71. The van der Waals surface area contributed by atoms with Crippen LogP contribution < -0.4 is 4.74 Å². The Labute approximate surface area is 108 Å². The molecule has 0 saturated heterocycles. The van der Waals surface area contributed by atoms with E-state index >= 15 is 0 Å². The van der Waals surface area contributed by atoms with Gasteiger partial charge in [-0.05, 0) is 30.5 Å². The lowest BCUT2D eigenvalue weighted by Gasteiger charge is -2.12. The van der Waals surface area contributed by atoms with Gasteiger partial charge in [-0.15, -0.1) is 0 Å². The summed E-state index contributed by atoms with van der Waals surface area (Å²) >= 11 is 0. The molecule has 0 bridgehead atoms. The molecule has 0 amide bonds. The van der Waals surface area contributed by atoms with Gasteiger partial charge in [-0.1, -0.05) is 19.1 Å². The maximum atomic E-state index is 11.0. The summed E-state index contributed by atoms with van der Waals surface area (Å²) in [6.45, 7) is 2.69.